The summed E-state index contributed by atoms with van der Waals surface area (Å²) in [5.41, 5.74) is -0.384. The van der Waals surface area contributed by atoms with Crippen LogP contribution in [0.15, 0.2) is 17.5 Å². The van der Waals surface area contributed by atoms with Crippen molar-refractivity contribution in [3.8, 4) is 0 Å². The molecule has 1 amide bonds. The summed E-state index contributed by atoms with van der Waals surface area (Å²) < 4.78 is 10.8. The summed E-state index contributed by atoms with van der Waals surface area (Å²) in [4.78, 5) is 16.5. The molecule has 3 heterocycles. The lowest BCUT2D eigenvalue weighted by atomic mass is 9.78. The highest BCUT2D eigenvalue weighted by Gasteiger charge is 2.42. The quantitative estimate of drug-likeness (QED) is 0.801. The Labute approximate surface area is 142 Å². The van der Waals surface area contributed by atoms with Gasteiger partial charge in [-0.3, -0.25) is 9.69 Å². The van der Waals surface area contributed by atoms with Crippen LogP contribution in [0.4, 0.5) is 0 Å². The molecular formula is C17H26N2O3S. The van der Waals surface area contributed by atoms with Crippen LogP contribution in [0, 0.1) is 0 Å². The fourth-order valence-electron chi connectivity index (χ4n) is 3.35. The van der Waals surface area contributed by atoms with Gasteiger partial charge >= 0.3 is 0 Å². The molecule has 1 aromatic heterocycles. The van der Waals surface area contributed by atoms with E-state index in [0.717, 1.165) is 58.7 Å². The van der Waals surface area contributed by atoms with Crippen molar-refractivity contribution in [3.05, 3.63) is 22.4 Å². The van der Waals surface area contributed by atoms with Crippen LogP contribution in [0.2, 0.25) is 0 Å². The predicted octanol–water partition coefficient (Wildman–Crippen LogP) is 1.63. The van der Waals surface area contributed by atoms with Gasteiger partial charge in [-0.1, -0.05) is 6.07 Å². The van der Waals surface area contributed by atoms with Crippen LogP contribution < -0.4 is 5.32 Å². The molecule has 0 spiro atoms. The average molecular weight is 338 g/mol. The number of morpholine rings is 1. The Morgan fingerprint density at radius 3 is 2.65 bits per heavy atom. The van der Waals surface area contributed by atoms with Crippen molar-refractivity contribution in [3.63, 3.8) is 0 Å². The van der Waals surface area contributed by atoms with E-state index in [1.807, 2.05) is 6.07 Å². The lowest BCUT2D eigenvalue weighted by Crippen LogP contribution is -2.48. The highest BCUT2D eigenvalue weighted by molar-refractivity contribution is 7.10. The summed E-state index contributed by atoms with van der Waals surface area (Å²) in [7, 11) is 0. The summed E-state index contributed by atoms with van der Waals surface area (Å²) in [5, 5.41) is 5.23. The number of ether oxygens (including phenoxy) is 2. The van der Waals surface area contributed by atoms with Crippen LogP contribution in [0.3, 0.4) is 0 Å². The zero-order valence-corrected chi connectivity index (χ0v) is 14.4. The molecule has 1 N–H and O–H groups in total. The molecule has 6 heteroatoms. The fourth-order valence-corrected chi connectivity index (χ4v) is 4.34. The van der Waals surface area contributed by atoms with Gasteiger partial charge in [-0.2, -0.15) is 0 Å². The third-order valence-corrected chi connectivity index (χ3v) is 5.89. The molecular weight excluding hydrogens is 312 g/mol. The van der Waals surface area contributed by atoms with Gasteiger partial charge < -0.3 is 14.8 Å². The normalized spacial score (nSPS) is 21.9. The molecule has 2 aliphatic heterocycles. The maximum atomic E-state index is 12.9. The minimum absolute atomic E-state index is 0.172. The van der Waals surface area contributed by atoms with Crippen molar-refractivity contribution >= 4 is 17.2 Å². The molecule has 0 aromatic carbocycles. The van der Waals surface area contributed by atoms with Gasteiger partial charge in [0.1, 0.15) is 0 Å². The van der Waals surface area contributed by atoms with Gasteiger partial charge in [0, 0.05) is 37.7 Å². The largest absolute Gasteiger partial charge is 0.381 e. The first-order valence-electron chi connectivity index (χ1n) is 8.51. The number of nitrogens with one attached hydrogen (secondary N) is 1. The second-order valence-corrected chi connectivity index (χ2v) is 7.18. The van der Waals surface area contributed by atoms with E-state index in [4.69, 9.17) is 9.47 Å². The Morgan fingerprint density at radius 1 is 1.22 bits per heavy atom. The smallest absolute Gasteiger partial charge is 0.231 e. The van der Waals surface area contributed by atoms with Gasteiger partial charge in [-0.15, -0.1) is 11.3 Å². The lowest BCUT2D eigenvalue weighted by molar-refractivity contribution is -0.130. The van der Waals surface area contributed by atoms with Crippen LogP contribution in [0.25, 0.3) is 0 Å². The lowest BCUT2D eigenvalue weighted by Gasteiger charge is -2.35. The van der Waals surface area contributed by atoms with Crippen molar-refractivity contribution in [1.29, 1.82) is 0 Å². The third kappa shape index (κ3) is 4.12. The summed E-state index contributed by atoms with van der Waals surface area (Å²) in [5.74, 6) is 0.172. The first-order valence-corrected chi connectivity index (χ1v) is 9.39. The van der Waals surface area contributed by atoms with Gasteiger partial charge in [0.15, 0.2) is 0 Å². The number of thiophene rings is 1. The number of hydrogen-bond donors (Lipinski definition) is 1. The van der Waals surface area contributed by atoms with E-state index in [2.05, 4.69) is 21.7 Å². The van der Waals surface area contributed by atoms with Crippen molar-refractivity contribution < 1.29 is 14.3 Å². The number of hydrogen-bond acceptors (Lipinski definition) is 5. The van der Waals surface area contributed by atoms with Crippen LogP contribution in [-0.4, -0.2) is 63.4 Å². The van der Waals surface area contributed by atoms with E-state index in [9.17, 15) is 4.79 Å². The van der Waals surface area contributed by atoms with Crippen molar-refractivity contribution in [1.82, 2.24) is 10.2 Å². The zero-order valence-electron chi connectivity index (χ0n) is 13.6. The first-order chi connectivity index (χ1) is 11.3. The maximum Gasteiger partial charge on any atom is 0.231 e. The molecule has 0 atom stereocenters. The molecule has 2 aliphatic rings. The van der Waals surface area contributed by atoms with Crippen molar-refractivity contribution in [2.45, 2.75) is 24.7 Å². The molecule has 128 valence electrons. The predicted molar refractivity (Wildman–Crippen MR) is 90.9 cm³/mol. The molecule has 2 saturated heterocycles. The monoisotopic (exact) mass is 338 g/mol. The van der Waals surface area contributed by atoms with Gasteiger partial charge in [0.05, 0.1) is 18.6 Å². The van der Waals surface area contributed by atoms with E-state index in [0.29, 0.717) is 13.2 Å². The Hall–Kier alpha value is -0.950. The van der Waals surface area contributed by atoms with Gasteiger partial charge in [0.25, 0.3) is 0 Å². The Morgan fingerprint density at radius 2 is 1.96 bits per heavy atom. The highest BCUT2D eigenvalue weighted by atomic mass is 32.1. The molecule has 1 aromatic rings. The fraction of sp³-hybridized carbons (Fsp3) is 0.706. The molecule has 5 nitrogen and oxygen atoms in total. The molecule has 0 aliphatic carbocycles. The van der Waals surface area contributed by atoms with E-state index >= 15 is 0 Å². The third-order valence-electron chi connectivity index (χ3n) is 4.81. The Bertz CT molecular complexity index is 480. The number of carbonyl (C=O) groups excluding carboxylic acids is 1. The molecule has 0 unspecified atom stereocenters. The van der Waals surface area contributed by atoms with E-state index < -0.39 is 0 Å². The summed E-state index contributed by atoms with van der Waals surface area (Å²) in [6.07, 6.45) is 2.55. The maximum absolute atomic E-state index is 12.9. The second kappa shape index (κ2) is 8.24. The van der Waals surface area contributed by atoms with Gasteiger partial charge in [0.2, 0.25) is 5.91 Å². The highest BCUT2D eigenvalue weighted by Crippen LogP contribution is 2.37. The molecule has 3 rings (SSSR count). The SMILES string of the molecule is O=C(NCCCN1CCOCC1)C1(c2cccs2)CCOCC1. The summed E-state index contributed by atoms with van der Waals surface area (Å²) in [6.45, 7) is 6.76. The van der Waals surface area contributed by atoms with Crippen LogP contribution in [0.1, 0.15) is 24.1 Å². The number of amides is 1. The molecule has 0 radical (unpaired) electrons. The minimum Gasteiger partial charge on any atom is -0.381 e. The Kier molecular flexibility index (Phi) is 6.05. The molecule has 2 fully saturated rings. The topological polar surface area (TPSA) is 50.8 Å². The van der Waals surface area contributed by atoms with Crippen molar-refractivity contribution in [2.24, 2.45) is 0 Å². The Balaban J connectivity index is 1.50. The molecule has 0 saturated carbocycles. The number of carbonyl (C=O) groups is 1. The summed E-state index contributed by atoms with van der Waals surface area (Å²) >= 11 is 1.68. The second-order valence-electron chi connectivity index (χ2n) is 6.24. The first kappa shape index (κ1) is 16.9. The van der Waals surface area contributed by atoms with Crippen molar-refractivity contribution in [2.75, 3.05) is 52.6 Å². The molecule has 0 bridgehead atoms. The summed E-state index contributed by atoms with van der Waals surface area (Å²) in [6, 6.07) is 4.12. The van der Waals surface area contributed by atoms with E-state index in [1.54, 1.807) is 11.3 Å². The van der Waals surface area contributed by atoms with Crippen LogP contribution in [0.5, 0.6) is 0 Å². The standard InChI is InChI=1S/C17H26N2O3S/c20-16(18-6-2-7-19-8-12-22-13-9-19)17(4-10-21-11-5-17)15-3-1-14-23-15/h1,3,14H,2,4-13H2,(H,18,20). The zero-order chi connectivity index (χ0) is 16.0. The average Bonchev–Trinajstić information content (AvgIpc) is 3.15. The van der Waals surface area contributed by atoms with E-state index in [-0.39, 0.29) is 11.3 Å². The van der Waals surface area contributed by atoms with Gasteiger partial charge in [-0.25, -0.2) is 0 Å². The van der Waals surface area contributed by atoms with Crippen LogP contribution >= 0.6 is 11.3 Å². The molecule has 23 heavy (non-hydrogen) atoms. The van der Waals surface area contributed by atoms with Crippen LogP contribution in [-0.2, 0) is 19.7 Å². The number of nitrogens with zero attached hydrogens (tertiary/aromatic N) is 1. The van der Waals surface area contributed by atoms with E-state index in [1.165, 1.54) is 4.88 Å². The van der Waals surface area contributed by atoms with Gasteiger partial charge in [-0.05, 0) is 37.3 Å². The number of rotatable bonds is 6. The minimum atomic E-state index is -0.384.